The van der Waals surface area contributed by atoms with Gasteiger partial charge in [-0.05, 0) is 56.7 Å². The maximum Gasteiger partial charge on any atom is 0.119 e. The summed E-state index contributed by atoms with van der Waals surface area (Å²) in [7, 11) is 0. The lowest BCUT2D eigenvalue weighted by Crippen LogP contribution is -2.19. The average Bonchev–Trinajstić information content (AvgIpc) is 2.47. The maximum absolute atomic E-state index is 10.2. The summed E-state index contributed by atoms with van der Waals surface area (Å²) in [5.41, 5.74) is 0.958. The largest absolute Gasteiger partial charge is 0.494 e. The van der Waals surface area contributed by atoms with Crippen molar-refractivity contribution < 1.29 is 14.6 Å². The van der Waals surface area contributed by atoms with Crippen LogP contribution in [-0.2, 0) is 4.74 Å². The van der Waals surface area contributed by atoms with Gasteiger partial charge in [0.2, 0.25) is 0 Å². The van der Waals surface area contributed by atoms with E-state index in [9.17, 15) is 5.11 Å². The van der Waals surface area contributed by atoms with Crippen molar-refractivity contribution in [3.05, 3.63) is 29.8 Å². The number of aliphatic hydroxyl groups excluding tert-OH is 1. The molecule has 1 fully saturated rings. The molecule has 0 radical (unpaired) electrons. The third-order valence-electron chi connectivity index (χ3n) is 3.61. The molecular formula is C16H24O3. The molecule has 1 heterocycles. The minimum atomic E-state index is -0.402. The summed E-state index contributed by atoms with van der Waals surface area (Å²) < 4.78 is 11.1. The van der Waals surface area contributed by atoms with Crippen molar-refractivity contribution >= 4 is 0 Å². The van der Waals surface area contributed by atoms with Gasteiger partial charge in [-0.3, -0.25) is 0 Å². The lowest BCUT2D eigenvalue weighted by molar-refractivity contribution is 0.00213. The summed E-state index contributed by atoms with van der Waals surface area (Å²) in [5, 5.41) is 10.2. The van der Waals surface area contributed by atoms with E-state index in [-0.39, 0.29) is 0 Å². The van der Waals surface area contributed by atoms with Gasteiger partial charge in [-0.25, -0.2) is 0 Å². The lowest BCUT2D eigenvalue weighted by Gasteiger charge is -2.23. The van der Waals surface area contributed by atoms with Gasteiger partial charge >= 0.3 is 0 Å². The Morgan fingerprint density at radius 3 is 2.74 bits per heavy atom. The van der Waals surface area contributed by atoms with Crippen molar-refractivity contribution in [2.24, 2.45) is 0 Å². The van der Waals surface area contributed by atoms with Crippen LogP contribution < -0.4 is 4.74 Å². The summed E-state index contributed by atoms with van der Waals surface area (Å²) in [5.74, 6) is 0.856. The molecule has 3 nitrogen and oxygen atoms in total. The molecule has 2 atom stereocenters. The average molecular weight is 264 g/mol. The van der Waals surface area contributed by atoms with Crippen molar-refractivity contribution in [1.82, 2.24) is 0 Å². The lowest BCUT2D eigenvalue weighted by atomic mass is 9.99. The first-order chi connectivity index (χ1) is 9.29. The third-order valence-corrected chi connectivity index (χ3v) is 3.61. The minimum absolute atomic E-state index is 0.339. The van der Waals surface area contributed by atoms with Crippen molar-refractivity contribution in [3.63, 3.8) is 0 Å². The van der Waals surface area contributed by atoms with Crippen molar-refractivity contribution in [1.29, 1.82) is 0 Å². The first kappa shape index (κ1) is 14.4. The minimum Gasteiger partial charge on any atom is -0.494 e. The molecule has 106 valence electrons. The molecule has 0 spiro atoms. The molecule has 1 N–H and O–H groups in total. The molecule has 1 aromatic carbocycles. The van der Waals surface area contributed by atoms with Crippen LogP contribution >= 0.6 is 0 Å². The highest BCUT2D eigenvalue weighted by Gasteiger charge is 2.16. The Morgan fingerprint density at radius 1 is 1.32 bits per heavy atom. The van der Waals surface area contributed by atoms with Crippen LogP contribution in [-0.4, -0.2) is 24.4 Å². The second kappa shape index (κ2) is 7.51. The van der Waals surface area contributed by atoms with E-state index in [4.69, 9.17) is 9.47 Å². The van der Waals surface area contributed by atoms with Crippen LogP contribution in [0, 0.1) is 0 Å². The molecule has 0 aromatic heterocycles. The van der Waals surface area contributed by atoms with Crippen LogP contribution in [0.2, 0.25) is 0 Å². The molecule has 0 amide bonds. The Bertz CT molecular complexity index is 355. The molecule has 19 heavy (non-hydrogen) atoms. The zero-order valence-electron chi connectivity index (χ0n) is 11.7. The van der Waals surface area contributed by atoms with E-state index in [0.717, 1.165) is 37.2 Å². The van der Waals surface area contributed by atoms with Crippen LogP contribution in [0.15, 0.2) is 24.3 Å². The highest BCUT2D eigenvalue weighted by atomic mass is 16.5. The molecule has 0 bridgehead atoms. The molecule has 0 aliphatic carbocycles. The fraction of sp³-hybridized carbons (Fsp3) is 0.625. The van der Waals surface area contributed by atoms with Gasteiger partial charge < -0.3 is 14.6 Å². The summed E-state index contributed by atoms with van der Waals surface area (Å²) in [6.07, 6.45) is 5.21. The van der Waals surface area contributed by atoms with E-state index in [1.165, 1.54) is 12.8 Å². The van der Waals surface area contributed by atoms with E-state index in [2.05, 4.69) is 0 Å². The fourth-order valence-corrected chi connectivity index (χ4v) is 2.50. The molecular weight excluding hydrogens is 240 g/mol. The van der Waals surface area contributed by atoms with E-state index >= 15 is 0 Å². The zero-order valence-corrected chi connectivity index (χ0v) is 11.7. The molecule has 1 aliphatic rings. The number of ether oxygens (including phenoxy) is 2. The number of hydrogen-bond acceptors (Lipinski definition) is 3. The topological polar surface area (TPSA) is 38.7 Å². The zero-order chi connectivity index (χ0) is 13.5. The second-order valence-corrected chi connectivity index (χ2v) is 5.08. The predicted molar refractivity (Wildman–Crippen MR) is 75.4 cm³/mol. The molecule has 2 unspecified atom stereocenters. The van der Waals surface area contributed by atoms with Crippen LogP contribution in [0.1, 0.15) is 50.7 Å². The van der Waals surface area contributed by atoms with E-state index in [1.807, 2.05) is 31.2 Å². The van der Waals surface area contributed by atoms with Crippen molar-refractivity contribution in [2.45, 2.75) is 51.2 Å². The number of hydrogen-bond donors (Lipinski definition) is 1. The molecule has 1 aliphatic heterocycles. The van der Waals surface area contributed by atoms with Gasteiger partial charge in [0.15, 0.2) is 0 Å². The molecule has 2 rings (SSSR count). The number of aliphatic hydroxyl groups is 1. The monoisotopic (exact) mass is 264 g/mol. The van der Waals surface area contributed by atoms with E-state index in [1.54, 1.807) is 0 Å². The standard InChI is InChI=1S/C16H24O3/c1-2-18-15-8-6-13(7-9-15)16(17)11-10-14-5-3-4-12-19-14/h6-9,14,16-17H,2-5,10-12H2,1H3. The van der Waals surface area contributed by atoms with Gasteiger partial charge in [-0.15, -0.1) is 0 Å². The smallest absolute Gasteiger partial charge is 0.119 e. The number of rotatable bonds is 6. The highest BCUT2D eigenvalue weighted by Crippen LogP contribution is 2.25. The Morgan fingerprint density at radius 2 is 2.11 bits per heavy atom. The van der Waals surface area contributed by atoms with Crippen LogP contribution in [0.3, 0.4) is 0 Å². The number of benzene rings is 1. The van der Waals surface area contributed by atoms with Crippen LogP contribution in [0.4, 0.5) is 0 Å². The normalized spacial score (nSPS) is 21.1. The van der Waals surface area contributed by atoms with Crippen LogP contribution in [0.25, 0.3) is 0 Å². The molecule has 1 aromatic rings. The first-order valence-corrected chi connectivity index (χ1v) is 7.32. The fourth-order valence-electron chi connectivity index (χ4n) is 2.50. The first-order valence-electron chi connectivity index (χ1n) is 7.32. The van der Waals surface area contributed by atoms with Gasteiger partial charge in [0.1, 0.15) is 5.75 Å². The van der Waals surface area contributed by atoms with Gasteiger partial charge in [0.05, 0.1) is 18.8 Å². The SMILES string of the molecule is CCOc1ccc(C(O)CCC2CCCCO2)cc1. The highest BCUT2D eigenvalue weighted by molar-refractivity contribution is 5.28. The third kappa shape index (κ3) is 4.51. The quantitative estimate of drug-likeness (QED) is 0.855. The Kier molecular flexibility index (Phi) is 5.67. The molecule has 0 saturated carbocycles. The summed E-state index contributed by atoms with van der Waals surface area (Å²) in [6.45, 7) is 3.51. The Labute approximate surface area is 115 Å². The van der Waals surface area contributed by atoms with Crippen molar-refractivity contribution in [2.75, 3.05) is 13.2 Å². The van der Waals surface area contributed by atoms with Crippen LogP contribution in [0.5, 0.6) is 5.75 Å². The van der Waals surface area contributed by atoms with Gasteiger partial charge in [0.25, 0.3) is 0 Å². The van der Waals surface area contributed by atoms with E-state index in [0.29, 0.717) is 12.7 Å². The second-order valence-electron chi connectivity index (χ2n) is 5.08. The summed E-state index contributed by atoms with van der Waals surface area (Å²) in [4.78, 5) is 0. The van der Waals surface area contributed by atoms with Gasteiger partial charge in [-0.1, -0.05) is 12.1 Å². The maximum atomic E-state index is 10.2. The summed E-state index contributed by atoms with van der Waals surface area (Å²) in [6, 6.07) is 7.72. The van der Waals surface area contributed by atoms with Gasteiger partial charge in [-0.2, -0.15) is 0 Å². The van der Waals surface area contributed by atoms with Crippen molar-refractivity contribution in [3.8, 4) is 5.75 Å². The Hall–Kier alpha value is -1.06. The van der Waals surface area contributed by atoms with Gasteiger partial charge in [0, 0.05) is 6.61 Å². The van der Waals surface area contributed by atoms with E-state index < -0.39 is 6.10 Å². The predicted octanol–water partition coefficient (Wildman–Crippen LogP) is 3.47. The molecule has 3 heteroatoms. The molecule has 1 saturated heterocycles. The Balaban J connectivity index is 1.79. The summed E-state index contributed by atoms with van der Waals surface area (Å²) >= 11 is 0.